The summed E-state index contributed by atoms with van der Waals surface area (Å²) in [6.45, 7) is 7.62. The van der Waals surface area contributed by atoms with E-state index < -0.39 is 0 Å². The SMILES string of the molecule is CCCCCCNCCOc1ccc(OCC)cc1. The summed E-state index contributed by atoms with van der Waals surface area (Å²) in [4.78, 5) is 0. The van der Waals surface area contributed by atoms with E-state index in [9.17, 15) is 0 Å². The Balaban J connectivity index is 2.02. The molecule has 19 heavy (non-hydrogen) atoms. The number of ether oxygens (including phenoxy) is 2. The Morgan fingerprint density at radius 3 is 2.16 bits per heavy atom. The van der Waals surface area contributed by atoms with Crippen LogP contribution in [0.4, 0.5) is 0 Å². The number of unbranched alkanes of at least 4 members (excludes halogenated alkanes) is 3. The summed E-state index contributed by atoms with van der Waals surface area (Å²) >= 11 is 0. The molecule has 0 aliphatic heterocycles. The lowest BCUT2D eigenvalue weighted by Crippen LogP contribution is -2.22. The van der Waals surface area contributed by atoms with Gasteiger partial charge in [-0.1, -0.05) is 26.2 Å². The van der Waals surface area contributed by atoms with Crippen LogP contribution in [0.15, 0.2) is 24.3 Å². The molecule has 0 saturated carbocycles. The zero-order valence-corrected chi connectivity index (χ0v) is 12.3. The fourth-order valence-corrected chi connectivity index (χ4v) is 1.84. The quantitative estimate of drug-likeness (QED) is 0.620. The van der Waals surface area contributed by atoms with Gasteiger partial charge in [-0.3, -0.25) is 0 Å². The summed E-state index contributed by atoms with van der Waals surface area (Å²) in [5.41, 5.74) is 0. The van der Waals surface area contributed by atoms with Crippen LogP contribution in [0.5, 0.6) is 11.5 Å². The van der Waals surface area contributed by atoms with Gasteiger partial charge in [0.05, 0.1) is 6.61 Å². The van der Waals surface area contributed by atoms with Crippen LogP contribution < -0.4 is 14.8 Å². The van der Waals surface area contributed by atoms with Crippen molar-refractivity contribution >= 4 is 0 Å². The average molecular weight is 265 g/mol. The monoisotopic (exact) mass is 265 g/mol. The predicted molar refractivity (Wildman–Crippen MR) is 80.1 cm³/mol. The molecule has 0 heterocycles. The number of hydrogen-bond donors (Lipinski definition) is 1. The van der Waals surface area contributed by atoms with Crippen molar-refractivity contribution in [2.45, 2.75) is 39.5 Å². The molecule has 1 aromatic carbocycles. The van der Waals surface area contributed by atoms with Crippen molar-refractivity contribution in [1.82, 2.24) is 5.32 Å². The van der Waals surface area contributed by atoms with E-state index in [4.69, 9.17) is 9.47 Å². The van der Waals surface area contributed by atoms with Crippen molar-refractivity contribution in [3.63, 3.8) is 0 Å². The van der Waals surface area contributed by atoms with Crippen molar-refractivity contribution in [3.8, 4) is 11.5 Å². The Morgan fingerprint density at radius 1 is 0.842 bits per heavy atom. The fraction of sp³-hybridized carbons (Fsp3) is 0.625. The Hall–Kier alpha value is -1.22. The maximum Gasteiger partial charge on any atom is 0.119 e. The molecule has 3 nitrogen and oxygen atoms in total. The van der Waals surface area contributed by atoms with Crippen LogP contribution in [0.1, 0.15) is 39.5 Å². The molecule has 0 spiro atoms. The highest BCUT2D eigenvalue weighted by molar-refractivity contribution is 5.31. The molecule has 1 aromatic rings. The highest BCUT2D eigenvalue weighted by atomic mass is 16.5. The van der Waals surface area contributed by atoms with Gasteiger partial charge in [0.1, 0.15) is 18.1 Å². The van der Waals surface area contributed by atoms with Crippen molar-refractivity contribution in [3.05, 3.63) is 24.3 Å². The minimum absolute atomic E-state index is 0.697. The maximum absolute atomic E-state index is 5.65. The van der Waals surface area contributed by atoms with Crippen molar-refractivity contribution in [2.24, 2.45) is 0 Å². The molecular weight excluding hydrogens is 238 g/mol. The third-order valence-corrected chi connectivity index (χ3v) is 2.89. The number of hydrogen-bond acceptors (Lipinski definition) is 3. The molecular formula is C16H27NO2. The highest BCUT2D eigenvalue weighted by Gasteiger charge is 1.95. The molecule has 0 bridgehead atoms. The molecule has 1 N–H and O–H groups in total. The van der Waals surface area contributed by atoms with E-state index in [1.54, 1.807) is 0 Å². The second-order valence-electron chi connectivity index (χ2n) is 4.56. The largest absolute Gasteiger partial charge is 0.494 e. The van der Waals surface area contributed by atoms with Crippen LogP contribution in [-0.4, -0.2) is 26.3 Å². The predicted octanol–water partition coefficient (Wildman–Crippen LogP) is 3.63. The lowest BCUT2D eigenvalue weighted by molar-refractivity contribution is 0.311. The van der Waals surface area contributed by atoms with Crippen LogP contribution in [0.2, 0.25) is 0 Å². The van der Waals surface area contributed by atoms with Crippen LogP contribution in [0, 0.1) is 0 Å². The van der Waals surface area contributed by atoms with E-state index in [-0.39, 0.29) is 0 Å². The lowest BCUT2D eigenvalue weighted by Gasteiger charge is -2.08. The van der Waals surface area contributed by atoms with Gasteiger partial charge in [0.2, 0.25) is 0 Å². The third-order valence-electron chi connectivity index (χ3n) is 2.89. The Labute approximate surface area is 117 Å². The van der Waals surface area contributed by atoms with Crippen LogP contribution >= 0.6 is 0 Å². The lowest BCUT2D eigenvalue weighted by atomic mass is 10.2. The minimum Gasteiger partial charge on any atom is -0.494 e. The van der Waals surface area contributed by atoms with E-state index in [0.29, 0.717) is 13.2 Å². The summed E-state index contributed by atoms with van der Waals surface area (Å²) in [6, 6.07) is 7.78. The summed E-state index contributed by atoms with van der Waals surface area (Å²) in [5.74, 6) is 1.79. The summed E-state index contributed by atoms with van der Waals surface area (Å²) < 4.78 is 11.0. The second kappa shape index (κ2) is 10.7. The van der Waals surface area contributed by atoms with E-state index in [2.05, 4.69) is 12.2 Å². The first-order valence-corrected chi connectivity index (χ1v) is 7.43. The van der Waals surface area contributed by atoms with Crippen molar-refractivity contribution < 1.29 is 9.47 Å². The van der Waals surface area contributed by atoms with Crippen LogP contribution in [0.25, 0.3) is 0 Å². The summed E-state index contributed by atoms with van der Waals surface area (Å²) in [5, 5.41) is 3.40. The van der Waals surface area contributed by atoms with Gasteiger partial charge in [-0.05, 0) is 44.2 Å². The van der Waals surface area contributed by atoms with E-state index >= 15 is 0 Å². The zero-order chi connectivity index (χ0) is 13.8. The molecule has 1 rings (SSSR count). The topological polar surface area (TPSA) is 30.5 Å². The van der Waals surface area contributed by atoms with E-state index in [1.807, 2.05) is 31.2 Å². The number of rotatable bonds is 11. The third kappa shape index (κ3) is 7.73. The van der Waals surface area contributed by atoms with Crippen LogP contribution in [0.3, 0.4) is 0 Å². The Morgan fingerprint density at radius 2 is 1.53 bits per heavy atom. The van der Waals surface area contributed by atoms with E-state index in [1.165, 1.54) is 25.7 Å². The molecule has 0 aromatic heterocycles. The number of nitrogens with one attached hydrogen (secondary N) is 1. The standard InChI is InChI=1S/C16H27NO2/c1-3-5-6-7-12-17-13-14-19-16-10-8-15(9-11-16)18-4-2/h8-11,17H,3-7,12-14H2,1-2H3. The molecule has 0 fully saturated rings. The first-order chi connectivity index (χ1) is 9.36. The van der Waals surface area contributed by atoms with Crippen molar-refractivity contribution in [2.75, 3.05) is 26.3 Å². The van der Waals surface area contributed by atoms with Gasteiger partial charge in [0.25, 0.3) is 0 Å². The van der Waals surface area contributed by atoms with Crippen molar-refractivity contribution in [1.29, 1.82) is 0 Å². The minimum atomic E-state index is 0.697. The smallest absolute Gasteiger partial charge is 0.119 e. The van der Waals surface area contributed by atoms with Crippen LogP contribution in [-0.2, 0) is 0 Å². The molecule has 0 aliphatic rings. The summed E-state index contributed by atoms with van der Waals surface area (Å²) in [6.07, 6.45) is 5.21. The van der Waals surface area contributed by atoms with Gasteiger partial charge in [0, 0.05) is 6.54 Å². The first kappa shape index (κ1) is 15.8. The van der Waals surface area contributed by atoms with Gasteiger partial charge in [-0.15, -0.1) is 0 Å². The average Bonchev–Trinajstić information content (AvgIpc) is 2.44. The zero-order valence-electron chi connectivity index (χ0n) is 12.3. The Kier molecular flexibility index (Phi) is 8.90. The van der Waals surface area contributed by atoms with Gasteiger partial charge in [-0.2, -0.15) is 0 Å². The maximum atomic E-state index is 5.65. The number of benzene rings is 1. The molecule has 0 atom stereocenters. The van der Waals surface area contributed by atoms with Gasteiger partial charge < -0.3 is 14.8 Å². The normalized spacial score (nSPS) is 10.4. The Bertz CT molecular complexity index is 311. The van der Waals surface area contributed by atoms with Gasteiger partial charge in [0.15, 0.2) is 0 Å². The molecule has 0 amide bonds. The van der Waals surface area contributed by atoms with Gasteiger partial charge in [-0.25, -0.2) is 0 Å². The first-order valence-electron chi connectivity index (χ1n) is 7.43. The molecule has 0 radical (unpaired) electrons. The van der Waals surface area contributed by atoms with Gasteiger partial charge >= 0.3 is 0 Å². The molecule has 0 aliphatic carbocycles. The second-order valence-corrected chi connectivity index (χ2v) is 4.56. The highest BCUT2D eigenvalue weighted by Crippen LogP contribution is 2.17. The molecule has 0 saturated heterocycles. The molecule has 3 heteroatoms. The summed E-state index contributed by atoms with van der Waals surface area (Å²) in [7, 11) is 0. The van der Waals surface area contributed by atoms with E-state index in [0.717, 1.165) is 24.6 Å². The fourth-order valence-electron chi connectivity index (χ4n) is 1.84. The molecule has 108 valence electrons. The molecule has 0 unspecified atom stereocenters.